The number of aryl methyl sites for hydroxylation is 1. The second-order valence-corrected chi connectivity index (χ2v) is 9.52. The molecule has 0 spiro atoms. The number of rotatable bonds is 5. The van der Waals surface area contributed by atoms with Gasteiger partial charge < -0.3 is 25.3 Å². The molecule has 0 atom stereocenters. The van der Waals surface area contributed by atoms with E-state index in [-0.39, 0.29) is 10.9 Å². The second kappa shape index (κ2) is 10.6. The molecule has 0 amide bonds. The van der Waals surface area contributed by atoms with Gasteiger partial charge in [0.1, 0.15) is 5.82 Å². The quantitative estimate of drug-likeness (QED) is 0.385. The van der Waals surface area contributed by atoms with Crippen molar-refractivity contribution in [2.75, 3.05) is 74.1 Å². The molecule has 3 N–H and O–H groups in total. The molecule has 0 radical (unpaired) electrons. The highest BCUT2D eigenvalue weighted by atomic mass is 32.1. The van der Waals surface area contributed by atoms with Crippen LogP contribution in [-0.2, 0) is 0 Å². The number of thiocarbonyl (C=S) groups is 1. The number of nitrogens with zero attached hydrogens (tertiary/aromatic N) is 5. The van der Waals surface area contributed by atoms with Crippen LogP contribution >= 0.6 is 12.2 Å². The minimum Gasteiger partial charge on any atom is -0.375 e. The highest BCUT2D eigenvalue weighted by molar-refractivity contribution is 7.80. The van der Waals surface area contributed by atoms with E-state index in [0.717, 1.165) is 58.0 Å². The Hall–Kier alpha value is -2.91. The van der Waals surface area contributed by atoms with Crippen LogP contribution in [0.3, 0.4) is 0 Å². The normalized spacial score (nSPS) is 17.5. The monoisotopic (exact) mass is 483 g/mol. The molecule has 2 aliphatic rings. The van der Waals surface area contributed by atoms with Crippen LogP contribution in [0.2, 0.25) is 0 Å². The molecule has 0 unspecified atom stereocenters. The van der Waals surface area contributed by atoms with Gasteiger partial charge in [-0.15, -0.1) is 0 Å². The summed E-state index contributed by atoms with van der Waals surface area (Å²) in [6.07, 6.45) is 1.60. The zero-order chi connectivity index (χ0) is 24.2. The van der Waals surface area contributed by atoms with Gasteiger partial charge in [-0.1, -0.05) is 12.1 Å². The zero-order valence-electron chi connectivity index (χ0n) is 20.2. The van der Waals surface area contributed by atoms with Gasteiger partial charge in [0, 0.05) is 69.3 Å². The molecule has 182 valence electrons. The molecule has 7 nitrogen and oxygen atoms in total. The number of hydrogen-bond acceptors (Lipinski definition) is 6. The minimum atomic E-state index is -0.241. The number of hydrogen-bond donors (Lipinski definition) is 2. The van der Waals surface area contributed by atoms with E-state index in [9.17, 15) is 0 Å². The molecule has 9 heteroatoms. The molecule has 4 rings (SSSR count). The van der Waals surface area contributed by atoms with Crippen molar-refractivity contribution in [2.24, 2.45) is 10.8 Å². The molecule has 34 heavy (non-hydrogen) atoms. The number of hydrazone groups is 1. The highest BCUT2D eigenvalue weighted by Crippen LogP contribution is 2.32. The Balaban J connectivity index is 1.57. The van der Waals surface area contributed by atoms with E-state index >= 15 is 4.39 Å². The number of piperazine rings is 2. The van der Waals surface area contributed by atoms with Gasteiger partial charge >= 0.3 is 0 Å². The van der Waals surface area contributed by atoms with E-state index in [1.807, 2.05) is 6.07 Å². The average molecular weight is 484 g/mol. The maximum atomic E-state index is 15.4. The van der Waals surface area contributed by atoms with E-state index in [4.69, 9.17) is 18.0 Å². The summed E-state index contributed by atoms with van der Waals surface area (Å²) in [5, 5.41) is 4.17. The molecule has 0 saturated carbocycles. The molecule has 0 aromatic heterocycles. The topological polar surface area (TPSA) is 63.4 Å². The van der Waals surface area contributed by atoms with Crippen molar-refractivity contribution >= 4 is 40.6 Å². The van der Waals surface area contributed by atoms with Crippen molar-refractivity contribution in [3.05, 3.63) is 52.8 Å². The third kappa shape index (κ3) is 5.42. The Morgan fingerprint density at radius 3 is 2.18 bits per heavy atom. The maximum Gasteiger partial charge on any atom is 0.184 e. The summed E-state index contributed by atoms with van der Waals surface area (Å²) in [7, 11) is 2.12. The number of nitrogens with one attached hydrogen (secondary N) is 1. The standard InChI is InChI=1S/C25H34FN7S/c1-18-5-4-6-22(19(18)2)31-11-13-33(14-12-31)24-16-23(32-9-7-30(3)8-10-32)20(15-21(24)26)17-28-29-25(27)34/h4-6,15-17H,7-14H2,1-3H3,(H3,27,29,34)/b28-17+. The van der Waals surface area contributed by atoms with Crippen LogP contribution in [0, 0.1) is 19.7 Å². The van der Waals surface area contributed by atoms with Crippen LogP contribution in [0.1, 0.15) is 16.7 Å². The fourth-order valence-corrected chi connectivity index (χ4v) is 4.72. The lowest BCUT2D eigenvalue weighted by molar-refractivity contribution is 0.313. The molecule has 2 aliphatic heterocycles. The van der Waals surface area contributed by atoms with Crippen molar-refractivity contribution in [1.29, 1.82) is 0 Å². The second-order valence-electron chi connectivity index (χ2n) is 9.08. The molecule has 2 fully saturated rings. The van der Waals surface area contributed by atoms with E-state index in [0.29, 0.717) is 11.3 Å². The molecule has 2 aromatic carbocycles. The van der Waals surface area contributed by atoms with E-state index in [2.05, 4.69) is 69.2 Å². The third-order valence-corrected chi connectivity index (χ3v) is 6.95. The number of benzene rings is 2. The first-order chi connectivity index (χ1) is 16.3. The molecule has 2 saturated heterocycles. The van der Waals surface area contributed by atoms with Gasteiger partial charge in [0.15, 0.2) is 5.11 Å². The summed E-state index contributed by atoms with van der Waals surface area (Å²) in [5.74, 6) is -0.241. The van der Waals surface area contributed by atoms with Gasteiger partial charge in [-0.2, -0.15) is 5.10 Å². The van der Waals surface area contributed by atoms with Gasteiger partial charge in [0.25, 0.3) is 0 Å². The van der Waals surface area contributed by atoms with Crippen LogP contribution < -0.4 is 25.9 Å². The first-order valence-electron chi connectivity index (χ1n) is 11.7. The Labute approximate surface area is 207 Å². The lowest BCUT2D eigenvalue weighted by Gasteiger charge is -2.39. The molecule has 2 aromatic rings. The molecule has 0 bridgehead atoms. The Morgan fingerprint density at radius 1 is 0.941 bits per heavy atom. The SMILES string of the molecule is Cc1cccc(N2CCN(c3cc(N4CCN(C)CC4)c(/C=N/NC(N)=S)cc3F)CC2)c1C. The van der Waals surface area contributed by atoms with Crippen LogP contribution in [0.4, 0.5) is 21.5 Å². The average Bonchev–Trinajstić information content (AvgIpc) is 2.82. The summed E-state index contributed by atoms with van der Waals surface area (Å²) < 4.78 is 15.4. The minimum absolute atomic E-state index is 0.0798. The fraction of sp³-hybridized carbons (Fsp3) is 0.440. The van der Waals surface area contributed by atoms with E-state index in [1.165, 1.54) is 16.8 Å². The predicted octanol–water partition coefficient (Wildman–Crippen LogP) is 2.69. The third-order valence-electron chi connectivity index (χ3n) is 6.86. The smallest absolute Gasteiger partial charge is 0.184 e. The van der Waals surface area contributed by atoms with Crippen LogP contribution in [0.25, 0.3) is 0 Å². The number of likely N-dealkylation sites (N-methyl/N-ethyl adjacent to an activating group) is 1. The molecular formula is C25H34FN7S. The first-order valence-corrected chi connectivity index (χ1v) is 12.2. The number of nitrogens with two attached hydrogens (primary N) is 1. The molecule has 0 aliphatic carbocycles. The highest BCUT2D eigenvalue weighted by Gasteiger charge is 2.24. The van der Waals surface area contributed by atoms with E-state index < -0.39 is 0 Å². The van der Waals surface area contributed by atoms with Gasteiger partial charge in [0.2, 0.25) is 0 Å². The van der Waals surface area contributed by atoms with Crippen LogP contribution in [-0.4, -0.2) is 75.6 Å². The van der Waals surface area contributed by atoms with Gasteiger partial charge in [-0.05, 0) is 62.4 Å². The fourth-order valence-electron chi connectivity index (χ4n) is 4.67. The Kier molecular flexibility index (Phi) is 7.53. The van der Waals surface area contributed by atoms with Crippen molar-refractivity contribution < 1.29 is 4.39 Å². The molecular weight excluding hydrogens is 449 g/mol. The first kappa shape index (κ1) is 24.2. The Morgan fingerprint density at radius 2 is 1.53 bits per heavy atom. The summed E-state index contributed by atoms with van der Waals surface area (Å²) in [5.41, 5.74) is 14.3. The lowest BCUT2D eigenvalue weighted by atomic mass is 10.1. The van der Waals surface area contributed by atoms with Gasteiger partial charge in [0.05, 0.1) is 11.9 Å². The van der Waals surface area contributed by atoms with Gasteiger partial charge in [-0.3, -0.25) is 5.43 Å². The van der Waals surface area contributed by atoms with E-state index in [1.54, 1.807) is 12.3 Å². The lowest BCUT2D eigenvalue weighted by Crippen LogP contribution is -2.47. The zero-order valence-corrected chi connectivity index (χ0v) is 21.0. The summed E-state index contributed by atoms with van der Waals surface area (Å²) in [6.45, 7) is 11.2. The van der Waals surface area contributed by atoms with Crippen molar-refractivity contribution in [2.45, 2.75) is 13.8 Å². The molecule has 2 heterocycles. The van der Waals surface area contributed by atoms with Crippen molar-refractivity contribution in [1.82, 2.24) is 10.3 Å². The predicted molar refractivity (Wildman–Crippen MR) is 144 cm³/mol. The van der Waals surface area contributed by atoms with Crippen molar-refractivity contribution in [3.63, 3.8) is 0 Å². The summed E-state index contributed by atoms with van der Waals surface area (Å²) >= 11 is 4.83. The van der Waals surface area contributed by atoms with Crippen molar-refractivity contribution in [3.8, 4) is 0 Å². The number of halogens is 1. The van der Waals surface area contributed by atoms with Gasteiger partial charge in [-0.25, -0.2) is 4.39 Å². The summed E-state index contributed by atoms with van der Waals surface area (Å²) in [6, 6.07) is 9.99. The van der Waals surface area contributed by atoms with Crippen LogP contribution in [0.15, 0.2) is 35.4 Å². The maximum absolute atomic E-state index is 15.4. The number of anilines is 3. The largest absolute Gasteiger partial charge is 0.375 e. The summed E-state index contributed by atoms with van der Waals surface area (Å²) in [4.78, 5) is 9.16. The Bertz CT molecular complexity index is 1060. The van der Waals surface area contributed by atoms with Crippen LogP contribution in [0.5, 0.6) is 0 Å².